The average Bonchev–Trinajstić information content (AvgIpc) is 3.33. The van der Waals surface area contributed by atoms with Crippen LogP contribution in [0.1, 0.15) is 5.82 Å². The zero-order valence-electron chi connectivity index (χ0n) is 14.9. The van der Waals surface area contributed by atoms with E-state index in [2.05, 4.69) is 10.1 Å². The highest BCUT2D eigenvalue weighted by atomic mass is 32.2. The molecule has 0 spiro atoms. The first-order valence-electron chi connectivity index (χ1n) is 8.73. The molecular weight excluding hydrogens is 394 g/mol. The summed E-state index contributed by atoms with van der Waals surface area (Å²) in [6, 6.07) is 13.2. The minimum absolute atomic E-state index is 0.112. The Hall–Kier alpha value is -2.84. The Balaban J connectivity index is 1.89. The lowest BCUT2D eigenvalue weighted by Gasteiger charge is -2.15. The molecule has 4 aromatic rings. The van der Waals surface area contributed by atoms with Crippen molar-refractivity contribution in [3.63, 3.8) is 0 Å². The highest BCUT2D eigenvalue weighted by molar-refractivity contribution is 7.85. The molecule has 0 bridgehead atoms. The summed E-state index contributed by atoms with van der Waals surface area (Å²) in [6.45, 7) is 2.12. The summed E-state index contributed by atoms with van der Waals surface area (Å²) in [6.07, 6.45) is 0. The number of rotatable bonds is 2. The SMILES string of the molecule is Cc1noc(-c2cc(-c3ccccc3)c(=O)n3c2-c2sccc2S(=O)CC3)n1. The van der Waals surface area contributed by atoms with Crippen LogP contribution in [0.4, 0.5) is 0 Å². The predicted molar refractivity (Wildman–Crippen MR) is 109 cm³/mol. The summed E-state index contributed by atoms with van der Waals surface area (Å²) >= 11 is 1.47. The van der Waals surface area contributed by atoms with Gasteiger partial charge in [-0.05, 0) is 30.0 Å². The Morgan fingerprint density at radius 3 is 2.75 bits per heavy atom. The Morgan fingerprint density at radius 2 is 2.00 bits per heavy atom. The lowest BCUT2D eigenvalue weighted by molar-refractivity contribution is 0.425. The normalized spacial score (nSPS) is 15.7. The topological polar surface area (TPSA) is 78.0 Å². The van der Waals surface area contributed by atoms with Gasteiger partial charge in [-0.3, -0.25) is 9.00 Å². The van der Waals surface area contributed by atoms with Crippen molar-refractivity contribution < 1.29 is 8.73 Å². The van der Waals surface area contributed by atoms with Crippen molar-refractivity contribution in [1.29, 1.82) is 0 Å². The van der Waals surface area contributed by atoms with Gasteiger partial charge in [0.1, 0.15) is 0 Å². The second kappa shape index (κ2) is 6.65. The molecule has 0 N–H and O–H groups in total. The van der Waals surface area contributed by atoms with E-state index in [-0.39, 0.29) is 5.56 Å². The standard InChI is InChI=1S/C20H15N3O3S2/c1-12-21-19(26-22-12)15-11-14(13-5-3-2-4-6-13)20(24)23-8-10-28(25)16-7-9-27-18(16)17(15)23/h2-7,9,11H,8,10H2,1H3. The molecule has 0 saturated carbocycles. The molecule has 0 fully saturated rings. The molecule has 1 atom stereocenters. The number of fused-ring (bicyclic) bond motifs is 3. The first-order chi connectivity index (χ1) is 13.6. The van der Waals surface area contributed by atoms with Crippen LogP contribution in [0.15, 0.2) is 62.1 Å². The lowest BCUT2D eigenvalue weighted by atomic mass is 10.0. The van der Waals surface area contributed by atoms with Crippen molar-refractivity contribution in [3.8, 4) is 33.2 Å². The molecule has 0 aliphatic carbocycles. The van der Waals surface area contributed by atoms with Crippen molar-refractivity contribution in [2.24, 2.45) is 0 Å². The van der Waals surface area contributed by atoms with Gasteiger partial charge < -0.3 is 9.09 Å². The van der Waals surface area contributed by atoms with Crippen molar-refractivity contribution >= 4 is 22.1 Å². The van der Waals surface area contributed by atoms with E-state index in [0.717, 1.165) is 15.3 Å². The van der Waals surface area contributed by atoms with Gasteiger partial charge in [0.25, 0.3) is 11.4 Å². The van der Waals surface area contributed by atoms with Crippen LogP contribution in [0.3, 0.4) is 0 Å². The number of benzene rings is 1. The molecule has 6 nitrogen and oxygen atoms in total. The molecule has 1 aliphatic rings. The first-order valence-corrected chi connectivity index (χ1v) is 10.9. The second-order valence-electron chi connectivity index (χ2n) is 6.45. The van der Waals surface area contributed by atoms with E-state index >= 15 is 0 Å². The van der Waals surface area contributed by atoms with Crippen molar-refractivity contribution in [1.82, 2.24) is 14.7 Å². The molecular formula is C20H15N3O3S2. The van der Waals surface area contributed by atoms with Crippen molar-refractivity contribution in [2.75, 3.05) is 5.75 Å². The fourth-order valence-corrected chi connectivity index (χ4v) is 5.91. The minimum atomic E-state index is -1.16. The van der Waals surface area contributed by atoms with Crippen LogP contribution in [0.2, 0.25) is 0 Å². The number of thiophene rings is 1. The van der Waals surface area contributed by atoms with E-state index in [0.29, 0.717) is 40.8 Å². The number of hydrogen-bond acceptors (Lipinski definition) is 6. The third-order valence-corrected chi connectivity index (χ3v) is 7.16. The van der Waals surface area contributed by atoms with Gasteiger partial charge in [0, 0.05) is 17.9 Å². The van der Waals surface area contributed by atoms with E-state index in [4.69, 9.17) is 4.52 Å². The summed E-state index contributed by atoms with van der Waals surface area (Å²) in [4.78, 5) is 19.4. The van der Waals surface area contributed by atoms with Gasteiger partial charge in [-0.25, -0.2) is 0 Å². The summed E-state index contributed by atoms with van der Waals surface area (Å²) in [5.41, 5.74) is 2.64. The maximum atomic E-state index is 13.4. The van der Waals surface area contributed by atoms with Crippen molar-refractivity contribution in [2.45, 2.75) is 18.4 Å². The first kappa shape index (κ1) is 17.3. The number of nitrogens with zero attached hydrogens (tertiary/aromatic N) is 3. The molecule has 1 unspecified atom stereocenters. The Labute approximate surface area is 166 Å². The summed E-state index contributed by atoms with van der Waals surface area (Å²) in [5.74, 6) is 1.26. The average molecular weight is 409 g/mol. The fourth-order valence-electron chi connectivity index (χ4n) is 3.45. The zero-order chi connectivity index (χ0) is 19.3. The molecule has 1 aliphatic heterocycles. The summed E-state index contributed by atoms with van der Waals surface area (Å²) in [7, 11) is -1.16. The Bertz CT molecular complexity index is 1270. The van der Waals surface area contributed by atoms with Gasteiger partial charge in [0.2, 0.25) is 0 Å². The maximum Gasteiger partial charge on any atom is 0.260 e. The monoisotopic (exact) mass is 409 g/mol. The molecule has 0 saturated heterocycles. The van der Waals surface area contributed by atoms with Gasteiger partial charge in [-0.1, -0.05) is 35.5 Å². The lowest BCUT2D eigenvalue weighted by Crippen LogP contribution is -2.25. The zero-order valence-corrected chi connectivity index (χ0v) is 16.5. The van der Waals surface area contributed by atoms with Gasteiger partial charge in [-0.2, -0.15) is 4.98 Å². The summed E-state index contributed by atoms with van der Waals surface area (Å²) in [5, 5.41) is 5.82. The highest BCUT2D eigenvalue weighted by Crippen LogP contribution is 2.40. The van der Waals surface area contributed by atoms with E-state index in [1.165, 1.54) is 11.3 Å². The maximum absolute atomic E-state index is 13.4. The predicted octanol–water partition coefficient (Wildman–Crippen LogP) is 3.72. The van der Waals surface area contributed by atoms with E-state index < -0.39 is 10.8 Å². The Kier molecular flexibility index (Phi) is 4.10. The van der Waals surface area contributed by atoms with E-state index in [1.807, 2.05) is 47.8 Å². The summed E-state index contributed by atoms with van der Waals surface area (Å²) < 4.78 is 19.9. The van der Waals surface area contributed by atoms with E-state index in [1.54, 1.807) is 11.5 Å². The molecule has 0 amide bonds. The second-order valence-corrected chi connectivity index (χ2v) is 8.91. The number of aryl methyl sites for hydroxylation is 1. The molecule has 5 rings (SSSR count). The third kappa shape index (κ3) is 2.68. The van der Waals surface area contributed by atoms with Crippen LogP contribution in [0.25, 0.3) is 33.2 Å². The van der Waals surface area contributed by atoms with Gasteiger partial charge in [0.15, 0.2) is 5.82 Å². The van der Waals surface area contributed by atoms with Crippen LogP contribution >= 0.6 is 11.3 Å². The molecule has 140 valence electrons. The molecule has 1 aromatic carbocycles. The molecule has 28 heavy (non-hydrogen) atoms. The smallest absolute Gasteiger partial charge is 0.260 e. The molecule has 0 radical (unpaired) electrons. The Morgan fingerprint density at radius 1 is 1.18 bits per heavy atom. The van der Waals surface area contributed by atoms with Gasteiger partial charge >= 0.3 is 0 Å². The van der Waals surface area contributed by atoms with Crippen LogP contribution in [0.5, 0.6) is 0 Å². The van der Waals surface area contributed by atoms with Crippen LogP contribution in [-0.2, 0) is 17.3 Å². The fraction of sp³-hybridized carbons (Fsp3) is 0.150. The van der Waals surface area contributed by atoms with Crippen LogP contribution in [0, 0.1) is 6.92 Å². The number of hydrogen-bond donors (Lipinski definition) is 0. The molecule has 4 heterocycles. The highest BCUT2D eigenvalue weighted by Gasteiger charge is 2.28. The van der Waals surface area contributed by atoms with Crippen LogP contribution < -0.4 is 5.56 Å². The van der Waals surface area contributed by atoms with Gasteiger partial charge in [-0.15, -0.1) is 11.3 Å². The van der Waals surface area contributed by atoms with Crippen LogP contribution in [-0.4, -0.2) is 24.7 Å². The third-order valence-electron chi connectivity index (χ3n) is 4.72. The minimum Gasteiger partial charge on any atom is -0.334 e. The largest absolute Gasteiger partial charge is 0.334 e. The van der Waals surface area contributed by atoms with Gasteiger partial charge in [0.05, 0.1) is 31.8 Å². The van der Waals surface area contributed by atoms with Crippen molar-refractivity contribution in [3.05, 3.63) is 64.0 Å². The number of pyridine rings is 1. The molecule has 8 heteroatoms. The quantitative estimate of drug-likeness (QED) is 0.504. The molecule has 3 aromatic heterocycles. The van der Waals surface area contributed by atoms with E-state index in [9.17, 15) is 9.00 Å². The number of aromatic nitrogens is 3.